The van der Waals surface area contributed by atoms with Gasteiger partial charge >= 0.3 is 0 Å². The zero-order valence-corrected chi connectivity index (χ0v) is 15.5. The van der Waals surface area contributed by atoms with Crippen LogP contribution >= 0.6 is 11.6 Å². The van der Waals surface area contributed by atoms with E-state index in [0.29, 0.717) is 43.8 Å². The molecule has 0 aliphatic carbocycles. The summed E-state index contributed by atoms with van der Waals surface area (Å²) in [6.07, 6.45) is 2.54. The van der Waals surface area contributed by atoms with Crippen LogP contribution in [0.4, 0.5) is 0 Å². The number of aromatic amines is 1. The molecule has 0 atom stereocenters. The topological polar surface area (TPSA) is 95.2 Å². The molecule has 2 aromatic rings. The molecular formula is C19H21ClN4O3. The third-order valence-corrected chi connectivity index (χ3v) is 4.89. The van der Waals surface area contributed by atoms with Crippen molar-refractivity contribution in [3.8, 4) is 0 Å². The molecule has 8 heteroatoms. The first-order valence-electron chi connectivity index (χ1n) is 8.90. The Hall–Kier alpha value is -2.67. The van der Waals surface area contributed by atoms with Crippen LogP contribution in [0.2, 0.25) is 5.02 Å². The number of piperidine rings is 1. The first-order valence-corrected chi connectivity index (χ1v) is 9.28. The number of rotatable bonds is 5. The Bertz CT molecular complexity index is 838. The largest absolute Gasteiger partial charge is 0.348 e. The van der Waals surface area contributed by atoms with Crippen LogP contribution in [0.15, 0.2) is 41.2 Å². The van der Waals surface area contributed by atoms with Crippen LogP contribution in [0.1, 0.15) is 35.3 Å². The number of carbonyl (C=O) groups is 2. The third kappa shape index (κ3) is 5.40. The van der Waals surface area contributed by atoms with Crippen molar-refractivity contribution >= 4 is 23.4 Å². The number of halogens is 1. The van der Waals surface area contributed by atoms with Crippen LogP contribution in [-0.4, -0.2) is 46.0 Å². The maximum Gasteiger partial charge on any atom is 0.271 e. The van der Waals surface area contributed by atoms with Crippen molar-refractivity contribution in [2.24, 2.45) is 0 Å². The summed E-state index contributed by atoms with van der Waals surface area (Å²) in [5.41, 5.74) is 0.913. The molecule has 1 aliphatic rings. The number of nitrogens with zero attached hydrogens (tertiary/aromatic N) is 2. The molecule has 0 saturated carbocycles. The van der Waals surface area contributed by atoms with Gasteiger partial charge in [-0.1, -0.05) is 23.7 Å². The summed E-state index contributed by atoms with van der Waals surface area (Å²) >= 11 is 5.87. The predicted octanol–water partition coefficient (Wildman–Crippen LogP) is 1.78. The van der Waals surface area contributed by atoms with E-state index in [1.54, 1.807) is 0 Å². The van der Waals surface area contributed by atoms with E-state index in [1.807, 2.05) is 29.2 Å². The minimum atomic E-state index is -0.350. The lowest BCUT2D eigenvalue weighted by atomic mass is 10.0. The number of aryl methyl sites for hydroxylation is 1. The summed E-state index contributed by atoms with van der Waals surface area (Å²) in [5, 5.41) is 9.56. The Morgan fingerprint density at radius 2 is 1.85 bits per heavy atom. The summed E-state index contributed by atoms with van der Waals surface area (Å²) in [6, 6.07) is 10.2. The second kappa shape index (κ2) is 8.81. The number of likely N-dealkylation sites (tertiary alicyclic amines) is 1. The number of carbonyl (C=O) groups excluding carboxylic acids is 2. The summed E-state index contributed by atoms with van der Waals surface area (Å²) in [4.78, 5) is 37.4. The molecule has 2 amide bonds. The number of aromatic nitrogens is 2. The van der Waals surface area contributed by atoms with Crippen LogP contribution in [0.5, 0.6) is 0 Å². The molecule has 7 nitrogen and oxygen atoms in total. The summed E-state index contributed by atoms with van der Waals surface area (Å²) in [7, 11) is 0. The molecule has 3 rings (SSSR count). The third-order valence-electron chi connectivity index (χ3n) is 4.64. The van der Waals surface area contributed by atoms with E-state index in [4.69, 9.17) is 11.6 Å². The lowest BCUT2D eigenvalue weighted by Gasteiger charge is -2.32. The van der Waals surface area contributed by atoms with Gasteiger partial charge in [-0.05, 0) is 43.0 Å². The van der Waals surface area contributed by atoms with E-state index in [0.717, 1.165) is 5.56 Å². The molecule has 2 heterocycles. The smallest absolute Gasteiger partial charge is 0.271 e. The maximum absolute atomic E-state index is 12.4. The number of hydrogen-bond donors (Lipinski definition) is 2. The van der Waals surface area contributed by atoms with Crippen LogP contribution in [-0.2, 0) is 11.2 Å². The highest BCUT2D eigenvalue weighted by molar-refractivity contribution is 6.30. The lowest BCUT2D eigenvalue weighted by molar-refractivity contribution is -0.132. The maximum atomic E-state index is 12.4. The summed E-state index contributed by atoms with van der Waals surface area (Å²) < 4.78 is 0. The van der Waals surface area contributed by atoms with Crippen LogP contribution in [0, 0.1) is 0 Å². The zero-order chi connectivity index (χ0) is 19.2. The minimum Gasteiger partial charge on any atom is -0.348 e. The van der Waals surface area contributed by atoms with E-state index in [9.17, 15) is 14.4 Å². The van der Waals surface area contributed by atoms with Crippen molar-refractivity contribution in [1.82, 2.24) is 20.4 Å². The highest BCUT2D eigenvalue weighted by Gasteiger charge is 2.24. The van der Waals surface area contributed by atoms with Gasteiger partial charge in [0.2, 0.25) is 5.91 Å². The van der Waals surface area contributed by atoms with Crippen molar-refractivity contribution in [3.63, 3.8) is 0 Å². The monoisotopic (exact) mass is 388 g/mol. The zero-order valence-electron chi connectivity index (χ0n) is 14.8. The standard InChI is InChI=1S/C19H21ClN4O3/c20-14-4-1-13(2-5-14)3-8-18(26)24-11-9-15(10-12-24)21-19(27)16-6-7-17(25)23-22-16/h1-2,4-7,15H,3,8-12H2,(H,21,27)(H,23,25). The fourth-order valence-corrected chi connectivity index (χ4v) is 3.19. The highest BCUT2D eigenvalue weighted by Crippen LogP contribution is 2.15. The normalized spacial score (nSPS) is 14.8. The minimum absolute atomic E-state index is 0.00783. The Balaban J connectivity index is 1.43. The Labute approximate surface area is 161 Å². The molecule has 1 saturated heterocycles. The van der Waals surface area contributed by atoms with E-state index in [1.165, 1.54) is 12.1 Å². The van der Waals surface area contributed by atoms with Crippen LogP contribution in [0.3, 0.4) is 0 Å². The molecular weight excluding hydrogens is 368 g/mol. The molecule has 0 radical (unpaired) electrons. The Kier molecular flexibility index (Phi) is 6.24. The van der Waals surface area contributed by atoms with Gasteiger partial charge in [-0.2, -0.15) is 5.10 Å². The SMILES string of the molecule is O=C(NC1CCN(C(=O)CCc2ccc(Cl)cc2)CC1)c1ccc(=O)[nH]n1. The molecule has 142 valence electrons. The lowest BCUT2D eigenvalue weighted by Crippen LogP contribution is -2.46. The molecule has 1 aromatic carbocycles. The van der Waals surface area contributed by atoms with E-state index in [-0.39, 0.29) is 29.1 Å². The van der Waals surface area contributed by atoms with Crippen molar-refractivity contribution in [2.45, 2.75) is 31.7 Å². The molecule has 1 fully saturated rings. The van der Waals surface area contributed by atoms with E-state index < -0.39 is 0 Å². The van der Waals surface area contributed by atoms with Crippen LogP contribution in [0.25, 0.3) is 0 Å². The van der Waals surface area contributed by atoms with Crippen molar-refractivity contribution in [3.05, 3.63) is 63.0 Å². The van der Waals surface area contributed by atoms with Crippen molar-refractivity contribution < 1.29 is 9.59 Å². The number of benzene rings is 1. The average molecular weight is 389 g/mol. The highest BCUT2D eigenvalue weighted by atomic mass is 35.5. The Morgan fingerprint density at radius 1 is 1.15 bits per heavy atom. The quantitative estimate of drug-likeness (QED) is 0.816. The van der Waals surface area contributed by atoms with E-state index in [2.05, 4.69) is 15.5 Å². The molecule has 1 aliphatic heterocycles. The second-order valence-corrected chi connectivity index (χ2v) is 7.00. The predicted molar refractivity (Wildman–Crippen MR) is 102 cm³/mol. The van der Waals surface area contributed by atoms with Gasteiger partial charge in [-0.3, -0.25) is 14.4 Å². The second-order valence-electron chi connectivity index (χ2n) is 6.56. The van der Waals surface area contributed by atoms with Gasteiger partial charge in [-0.25, -0.2) is 5.10 Å². The van der Waals surface area contributed by atoms with Gasteiger partial charge in [0.1, 0.15) is 5.69 Å². The van der Waals surface area contributed by atoms with E-state index >= 15 is 0 Å². The summed E-state index contributed by atoms with van der Waals surface area (Å²) in [5.74, 6) is -0.198. The number of H-pyrrole nitrogens is 1. The molecule has 0 bridgehead atoms. The molecule has 1 aromatic heterocycles. The van der Waals surface area contributed by atoms with Gasteiger partial charge in [0.05, 0.1) is 0 Å². The fraction of sp³-hybridized carbons (Fsp3) is 0.368. The summed E-state index contributed by atoms with van der Waals surface area (Å²) in [6.45, 7) is 1.23. The molecule has 0 unspecified atom stereocenters. The van der Waals surface area contributed by atoms with Gasteiger partial charge in [-0.15, -0.1) is 0 Å². The Morgan fingerprint density at radius 3 is 2.48 bits per heavy atom. The van der Waals surface area contributed by atoms with Crippen molar-refractivity contribution in [1.29, 1.82) is 0 Å². The molecule has 27 heavy (non-hydrogen) atoms. The van der Waals surface area contributed by atoms with Gasteiger partial charge in [0.25, 0.3) is 11.5 Å². The first-order chi connectivity index (χ1) is 13.0. The van der Waals surface area contributed by atoms with Crippen molar-refractivity contribution in [2.75, 3.05) is 13.1 Å². The first kappa shape index (κ1) is 19.1. The molecule has 2 N–H and O–H groups in total. The number of amides is 2. The van der Waals surface area contributed by atoms with Crippen LogP contribution < -0.4 is 10.9 Å². The van der Waals surface area contributed by atoms with Gasteiger partial charge < -0.3 is 10.2 Å². The fourth-order valence-electron chi connectivity index (χ4n) is 3.06. The molecule has 0 spiro atoms. The number of nitrogens with one attached hydrogen (secondary N) is 2. The van der Waals surface area contributed by atoms with Gasteiger partial charge in [0, 0.05) is 36.6 Å². The van der Waals surface area contributed by atoms with Gasteiger partial charge in [0.15, 0.2) is 0 Å². The number of hydrogen-bond acceptors (Lipinski definition) is 4. The average Bonchev–Trinajstić information content (AvgIpc) is 2.68.